The third-order valence-corrected chi connectivity index (χ3v) is 8.60. The Hall–Kier alpha value is -1.96. The predicted molar refractivity (Wildman–Crippen MR) is 141 cm³/mol. The molecular formula is C31H46O2. The topological polar surface area (TPSA) is 34.1 Å². The second-order valence-corrected chi connectivity index (χ2v) is 10.6. The number of carbonyl (C=O) groups excluding carboxylic acids is 2. The lowest BCUT2D eigenvalue weighted by molar-refractivity contribution is 0.0973. The van der Waals surface area contributed by atoms with Crippen LogP contribution in [-0.4, -0.2) is 11.6 Å². The van der Waals surface area contributed by atoms with Crippen LogP contribution < -0.4 is 0 Å². The van der Waals surface area contributed by atoms with Crippen LogP contribution >= 0.6 is 0 Å². The maximum atomic E-state index is 13.1. The molecule has 0 bridgehead atoms. The molecule has 2 heteroatoms. The van der Waals surface area contributed by atoms with Gasteiger partial charge in [0.05, 0.1) is 0 Å². The average molecular weight is 451 g/mol. The number of rotatable bonds is 11. The molecule has 0 radical (unpaired) electrons. The Morgan fingerprint density at radius 3 is 1.85 bits per heavy atom. The van der Waals surface area contributed by atoms with Gasteiger partial charge in [0.2, 0.25) is 0 Å². The second-order valence-electron chi connectivity index (χ2n) is 10.6. The third-order valence-electron chi connectivity index (χ3n) is 8.60. The van der Waals surface area contributed by atoms with Gasteiger partial charge in [-0.3, -0.25) is 9.59 Å². The summed E-state index contributed by atoms with van der Waals surface area (Å²) in [4.78, 5) is 26.0. The van der Waals surface area contributed by atoms with Crippen molar-refractivity contribution in [3.8, 4) is 0 Å². The molecule has 0 aliphatic heterocycles. The fourth-order valence-electron chi connectivity index (χ4n) is 6.61. The number of fused-ring (bicyclic) bond motifs is 1. The van der Waals surface area contributed by atoms with Crippen LogP contribution in [0.2, 0.25) is 0 Å². The largest absolute Gasteiger partial charge is 0.289 e. The summed E-state index contributed by atoms with van der Waals surface area (Å²) in [6, 6.07) is 7.21. The maximum Gasteiger partial charge on any atom is 0.190 e. The normalized spacial score (nSPS) is 19.4. The Kier molecular flexibility index (Phi) is 9.88. The van der Waals surface area contributed by atoms with E-state index in [1.165, 1.54) is 18.4 Å². The minimum absolute atomic E-state index is 0.00849. The second kappa shape index (κ2) is 12.0. The Morgan fingerprint density at radius 2 is 1.36 bits per heavy atom. The van der Waals surface area contributed by atoms with E-state index < -0.39 is 0 Å². The molecule has 0 amide bonds. The first-order valence-electron chi connectivity index (χ1n) is 13.1. The highest BCUT2D eigenvalue weighted by atomic mass is 16.1. The van der Waals surface area contributed by atoms with E-state index in [9.17, 15) is 9.59 Å². The summed E-state index contributed by atoms with van der Waals surface area (Å²) in [5.41, 5.74) is 3.71. The Balaban J connectivity index is 2.26. The molecule has 1 aliphatic rings. The van der Waals surface area contributed by atoms with Gasteiger partial charge in [-0.05, 0) is 62.2 Å². The van der Waals surface area contributed by atoms with Crippen LogP contribution in [0.5, 0.6) is 0 Å². The predicted octanol–water partition coefficient (Wildman–Crippen LogP) is 8.73. The third kappa shape index (κ3) is 5.76. The van der Waals surface area contributed by atoms with Gasteiger partial charge < -0.3 is 0 Å². The zero-order chi connectivity index (χ0) is 24.9. The molecule has 2 rings (SSSR count). The first-order valence-corrected chi connectivity index (χ1v) is 13.1. The molecule has 5 atom stereocenters. The van der Waals surface area contributed by atoms with Crippen LogP contribution in [0.1, 0.15) is 109 Å². The van der Waals surface area contributed by atoms with Gasteiger partial charge in [-0.1, -0.05) is 97.2 Å². The Labute approximate surface area is 202 Å². The first kappa shape index (κ1) is 27.3. The molecule has 33 heavy (non-hydrogen) atoms. The molecule has 1 aromatic carbocycles. The molecular weight excluding hydrogens is 404 g/mol. The van der Waals surface area contributed by atoms with E-state index in [0.717, 1.165) is 12.3 Å². The molecule has 1 aromatic rings. The molecule has 0 N–H and O–H groups in total. The zero-order valence-corrected chi connectivity index (χ0v) is 22.5. The highest BCUT2D eigenvalue weighted by Gasteiger charge is 2.33. The van der Waals surface area contributed by atoms with Crippen molar-refractivity contribution in [3.05, 3.63) is 58.2 Å². The minimum Gasteiger partial charge on any atom is -0.289 e. The van der Waals surface area contributed by atoms with Crippen LogP contribution in [0.15, 0.2) is 47.1 Å². The lowest BCUT2D eigenvalue weighted by atomic mass is 9.66. The van der Waals surface area contributed by atoms with E-state index >= 15 is 0 Å². The van der Waals surface area contributed by atoms with Crippen molar-refractivity contribution in [1.29, 1.82) is 0 Å². The van der Waals surface area contributed by atoms with Crippen LogP contribution in [0.25, 0.3) is 0 Å². The van der Waals surface area contributed by atoms with Crippen molar-refractivity contribution in [3.63, 3.8) is 0 Å². The van der Waals surface area contributed by atoms with Gasteiger partial charge in [0, 0.05) is 22.3 Å². The van der Waals surface area contributed by atoms with Gasteiger partial charge in [0.1, 0.15) is 0 Å². The fourth-order valence-corrected chi connectivity index (χ4v) is 6.61. The summed E-state index contributed by atoms with van der Waals surface area (Å²) in [5.74, 6) is 3.89. The molecule has 0 aromatic heterocycles. The van der Waals surface area contributed by atoms with Crippen molar-refractivity contribution in [2.45, 2.75) is 88.0 Å². The van der Waals surface area contributed by atoms with E-state index in [2.05, 4.69) is 61.5 Å². The van der Waals surface area contributed by atoms with Gasteiger partial charge in [0.15, 0.2) is 11.6 Å². The van der Waals surface area contributed by atoms with Crippen molar-refractivity contribution in [1.82, 2.24) is 0 Å². The highest BCUT2D eigenvalue weighted by Crippen LogP contribution is 2.41. The maximum absolute atomic E-state index is 13.1. The van der Waals surface area contributed by atoms with Crippen LogP contribution in [0.3, 0.4) is 0 Å². The molecule has 2 nitrogen and oxygen atoms in total. The Bertz CT molecular complexity index is 901. The summed E-state index contributed by atoms with van der Waals surface area (Å²) in [7, 11) is 0. The number of hydrogen-bond donors (Lipinski definition) is 0. The van der Waals surface area contributed by atoms with E-state index in [0.29, 0.717) is 58.3 Å². The molecule has 0 spiro atoms. The standard InChI is InChI=1S/C31H46O2/c1-10-24(19(4)5)21(7)26(12-3)22(8)25(11-2)20(6)17-18-27-23(9)30(32)28-15-13-14-16-29(28)31(27)33/h13-17,19,21-22,24-26H,10-12,18H2,1-9H3/b20-17+/t21-,22+,24?,25?,26?/m1/s1. The number of benzene rings is 1. The summed E-state index contributed by atoms with van der Waals surface area (Å²) in [6.45, 7) is 20.6. The number of carbonyl (C=O) groups is 2. The number of Topliss-reactive ketones (excluding diaryl/α,β-unsaturated/α-hetero) is 2. The summed E-state index contributed by atoms with van der Waals surface area (Å²) < 4.78 is 0. The smallest absolute Gasteiger partial charge is 0.190 e. The van der Waals surface area contributed by atoms with Crippen molar-refractivity contribution >= 4 is 11.6 Å². The summed E-state index contributed by atoms with van der Waals surface area (Å²) >= 11 is 0. The molecule has 182 valence electrons. The molecule has 0 fully saturated rings. The monoisotopic (exact) mass is 450 g/mol. The fraction of sp³-hybridized carbons (Fsp3) is 0.613. The molecule has 3 unspecified atom stereocenters. The van der Waals surface area contributed by atoms with Gasteiger partial charge in [-0.2, -0.15) is 0 Å². The van der Waals surface area contributed by atoms with Gasteiger partial charge in [-0.25, -0.2) is 0 Å². The summed E-state index contributed by atoms with van der Waals surface area (Å²) in [5, 5.41) is 0. The SMILES string of the molecule is CCC(/C(C)=C/CC1=C(C)C(=O)c2ccccc2C1=O)[C@H](C)C(CC)[C@H](C)C(CC)C(C)C. The molecule has 1 aliphatic carbocycles. The van der Waals surface area contributed by atoms with Crippen LogP contribution in [0, 0.1) is 35.5 Å². The van der Waals surface area contributed by atoms with Crippen molar-refractivity contribution in [2.75, 3.05) is 0 Å². The number of ketones is 2. The lowest BCUT2D eigenvalue weighted by Gasteiger charge is -2.39. The van der Waals surface area contributed by atoms with E-state index in [1.54, 1.807) is 19.1 Å². The number of hydrogen-bond acceptors (Lipinski definition) is 2. The van der Waals surface area contributed by atoms with E-state index in [1.807, 2.05) is 12.1 Å². The zero-order valence-electron chi connectivity index (χ0n) is 22.5. The summed E-state index contributed by atoms with van der Waals surface area (Å²) in [6.07, 6.45) is 6.29. The molecule has 0 saturated carbocycles. The van der Waals surface area contributed by atoms with Crippen LogP contribution in [0.4, 0.5) is 0 Å². The van der Waals surface area contributed by atoms with Crippen LogP contribution in [-0.2, 0) is 0 Å². The van der Waals surface area contributed by atoms with Crippen molar-refractivity contribution < 1.29 is 9.59 Å². The van der Waals surface area contributed by atoms with Gasteiger partial charge in [-0.15, -0.1) is 0 Å². The van der Waals surface area contributed by atoms with E-state index in [4.69, 9.17) is 0 Å². The first-order chi connectivity index (χ1) is 15.6. The quantitative estimate of drug-likeness (QED) is 0.316. The van der Waals surface area contributed by atoms with Gasteiger partial charge >= 0.3 is 0 Å². The minimum atomic E-state index is -0.00849. The average Bonchev–Trinajstić information content (AvgIpc) is 2.78. The highest BCUT2D eigenvalue weighted by molar-refractivity contribution is 6.26. The van der Waals surface area contributed by atoms with E-state index in [-0.39, 0.29) is 11.6 Å². The molecule has 0 saturated heterocycles. The lowest BCUT2D eigenvalue weighted by Crippen LogP contribution is -2.32. The molecule has 0 heterocycles. The van der Waals surface area contributed by atoms with Gasteiger partial charge in [0.25, 0.3) is 0 Å². The number of allylic oxidation sites excluding steroid dienone is 4. The van der Waals surface area contributed by atoms with Crippen molar-refractivity contribution in [2.24, 2.45) is 35.5 Å². The Morgan fingerprint density at radius 1 is 0.818 bits per heavy atom.